The second-order valence-corrected chi connectivity index (χ2v) is 5.07. The van der Waals surface area contributed by atoms with E-state index in [-0.39, 0.29) is 5.76 Å². The van der Waals surface area contributed by atoms with E-state index in [4.69, 9.17) is 4.42 Å². The normalized spacial score (nSPS) is 11.0. The molecule has 0 saturated heterocycles. The van der Waals surface area contributed by atoms with Gasteiger partial charge in [-0.25, -0.2) is 14.6 Å². The highest BCUT2D eigenvalue weighted by molar-refractivity contribution is 5.89. The van der Waals surface area contributed by atoms with Crippen LogP contribution < -0.4 is 0 Å². The summed E-state index contributed by atoms with van der Waals surface area (Å²) in [5.41, 5.74) is 2.47. The third-order valence-electron chi connectivity index (χ3n) is 3.56. The Bertz CT molecular complexity index is 973. The first kappa shape index (κ1) is 13.4. The number of aldehydes is 1. The van der Waals surface area contributed by atoms with Gasteiger partial charge in [0, 0.05) is 6.20 Å². The van der Waals surface area contributed by atoms with Crippen LogP contribution >= 0.6 is 0 Å². The van der Waals surface area contributed by atoms with E-state index in [1.165, 1.54) is 6.33 Å². The Kier molecular flexibility index (Phi) is 3.20. The van der Waals surface area contributed by atoms with Gasteiger partial charge in [-0.15, -0.1) is 0 Å². The summed E-state index contributed by atoms with van der Waals surface area (Å²) in [5.74, 6) is 0.793. The van der Waals surface area contributed by atoms with Crippen molar-refractivity contribution in [1.29, 1.82) is 0 Å². The highest BCUT2D eigenvalue weighted by Gasteiger charge is 2.16. The van der Waals surface area contributed by atoms with E-state index < -0.39 is 0 Å². The van der Waals surface area contributed by atoms with Crippen LogP contribution in [-0.4, -0.2) is 26.0 Å². The van der Waals surface area contributed by atoms with Crippen molar-refractivity contribution in [3.8, 4) is 11.5 Å². The summed E-state index contributed by atoms with van der Waals surface area (Å²) in [6, 6.07) is 13.4. The van der Waals surface area contributed by atoms with Gasteiger partial charge in [-0.1, -0.05) is 30.3 Å². The molecule has 3 heterocycles. The number of furan rings is 1. The molecule has 4 aromatic rings. The molecule has 112 valence electrons. The number of aromatic nitrogens is 4. The zero-order valence-corrected chi connectivity index (χ0v) is 12.1. The first-order valence-electron chi connectivity index (χ1n) is 7.11. The molecule has 6 nitrogen and oxygen atoms in total. The molecule has 0 fully saturated rings. The molecule has 0 aliphatic carbocycles. The number of hydrogen-bond donors (Lipinski definition) is 0. The van der Waals surface area contributed by atoms with E-state index in [0.717, 1.165) is 16.6 Å². The minimum Gasteiger partial charge on any atom is -0.452 e. The Morgan fingerprint density at radius 2 is 2.00 bits per heavy atom. The predicted octanol–water partition coefficient (Wildman–Crippen LogP) is 2.95. The molecular weight excluding hydrogens is 292 g/mol. The SMILES string of the molecule is O=Cc1ccc(-c2nn(Cc3ccccc3)c3ncncc23)o1. The number of carbonyl (C=O) groups excluding carboxylic acids is 1. The summed E-state index contributed by atoms with van der Waals surface area (Å²) in [6.07, 6.45) is 3.87. The maximum Gasteiger partial charge on any atom is 0.185 e. The fraction of sp³-hybridized carbons (Fsp3) is 0.0588. The van der Waals surface area contributed by atoms with Gasteiger partial charge in [0.1, 0.15) is 12.0 Å². The van der Waals surface area contributed by atoms with Crippen LogP contribution in [0.2, 0.25) is 0 Å². The van der Waals surface area contributed by atoms with Crippen LogP contribution in [0.25, 0.3) is 22.5 Å². The molecular formula is C17H12N4O2. The summed E-state index contributed by atoms with van der Waals surface area (Å²) in [6.45, 7) is 0.593. The first-order chi connectivity index (χ1) is 11.3. The van der Waals surface area contributed by atoms with Crippen LogP contribution in [0.3, 0.4) is 0 Å². The highest BCUT2D eigenvalue weighted by Crippen LogP contribution is 2.28. The van der Waals surface area contributed by atoms with E-state index in [9.17, 15) is 4.79 Å². The third kappa shape index (κ3) is 2.40. The number of nitrogens with zero attached hydrogens (tertiary/aromatic N) is 4. The average molecular weight is 304 g/mol. The summed E-state index contributed by atoms with van der Waals surface area (Å²) in [5, 5.41) is 5.39. The minimum absolute atomic E-state index is 0.266. The third-order valence-corrected chi connectivity index (χ3v) is 3.56. The summed E-state index contributed by atoms with van der Waals surface area (Å²) in [4.78, 5) is 19.2. The molecule has 0 radical (unpaired) electrons. The van der Waals surface area contributed by atoms with Gasteiger partial charge in [0.05, 0.1) is 11.9 Å². The molecule has 1 aromatic carbocycles. The van der Waals surface area contributed by atoms with Crippen molar-refractivity contribution in [1.82, 2.24) is 19.7 Å². The Morgan fingerprint density at radius 1 is 1.13 bits per heavy atom. The molecule has 0 spiro atoms. The fourth-order valence-corrected chi connectivity index (χ4v) is 2.51. The van der Waals surface area contributed by atoms with Crippen LogP contribution in [0, 0.1) is 0 Å². The van der Waals surface area contributed by atoms with Crippen molar-refractivity contribution >= 4 is 17.3 Å². The Labute approximate surface area is 131 Å². The lowest BCUT2D eigenvalue weighted by molar-refractivity contribution is 0.110. The van der Waals surface area contributed by atoms with Crippen LogP contribution in [0.5, 0.6) is 0 Å². The molecule has 0 aliphatic rings. The second-order valence-electron chi connectivity index (χ2n) is 5.07. The Morgan fingerprint density at radius 3 is 2.78 bits per heavy atom. The maximum atomic E-state index is 10.8. The molecule has 3 aromatic heterocycles. The van der Waals surface area contributed by atoms with Crippen molar-refractivity contribution < 1.29 is 9.21 Å². The minimum atomic E-state index is 0.266. The van der Waals surface area contributed by atoms with Gasteiger partial charge in [-0.2, -0.15) is 5.10 Å². The largest absolute Gasteiger partial charge is 0.452 e. The van der Waals surface area contributed by atoms with Gasteiger partial charge >= 0.3 is 0 Å². The van der Waals surface area contributed by atoms with Crippen LogP contribution in [-0.2, 0) is 6.54 Å². The maximum absolute atomic E-state index is 10.8. The lowest BCUT2D eigenvalue weighted by atomic mass is 10.2. The molecule has 0 amide bonds. The number of fused-ring (bicyclic) bond motifs is 1. The van der Waals surface area contributed by atoms with Crippen LogP contribution in [0.4, 0.5) is 0 Å². The zero-order chi connectivity index (χ0) is 15.6. The standard InChI is InChI=1S/C17H12N4O2/c22-10-13-6-7-15(23-13)16-14-8-18-11-19-17(14)21(20-16)9-12-4-2-1-3-5-12/h1-8,10-11H,9H2. The van der Waals surface area contributed by atoms with Crippen LogP contribution in [0.15, 0.2) is 59.4 Å². The van der Waals surface area contributed by atoms with Gasteiger partial charge in [0.25, 0.3) is 0 Å². The van der Waals surface area contributed by atoms with Gasteiger partial charge in [0.15, 0.2) is 23.5 Å². The topological polar surface area (TPSA) is 73.8 Å². The summed E-state index contributed by atoms with van der Waals surface area (Å²) < 4.78 is 7.30. The number of carbonyl (C=O) groups is 1. The molecule has 4 rings (SSSR count). The molecule has 0 atom stereocenters. The Balaban J connectivity index is 1.84. The number of benzene rings is 1. The van der Waals surface area contributed by atoms with E-state index in [1.807, 2.05) is 35.0 Å². The quantitative estimate of drug-likeness (QED) is 0.542. The van der Waals surface area contributed by atoms with E-state index >= 15 is 0 Å². The smallest absolute Gasteiger partial charge is 0.185 e. The van der Waals surface area contributed by atoms with E-state index in [2.05, 4.69) is 15.1 Å². The first-order valence-corrected chi connectivity index (χ1v) is 7.11. The monoisotopic (exact) mass is 304 g/mol. The van der Waals surface area contributed by atoms with Crippen molar-refractivity contribution in [3.63, 3.8) is 0 Å². The molecule has 0 saturated carbocycles. The number of hydrogen-bond acceptors (Lipinski definition) is 5. The molecule has 0 N–H and O–H groups in total. The van der Waals surface area contributed by atoms with Gasteiger partial charge in [0.2, 0.25) is 0 Å². The second kappa shape index (κ2) is 5.49. The molecule has 6 heteroatoms. The summed E-state index contributed by atoms with van der Waals surface area (Å²) in [7, 11) is 0. The highest BCUT2D eigenvalue weighted by atomic mass is 16.3. The fourth-order valence-electron chi connectivity index (χ4n) is 2.51. The van der Waals surface area contributed by atoms with Crippen LogP contribution in [0.1, 0.15) is 16.1 Å². The van der Waals surface area contributed by atoms with Crippen molar-refractivity contribution in [3.05, 3.63) is 66.3 Å². The molecule has 0 aliphatic heterocycles. The lowest BCUT2D eigenvalue weighted by Crippen LogP contribution is -2.02. The van der Waals surface area contributed by atoms with Crippen molar-refractivity contribution in [2.45, 2.75) is 6.54 Å². The number of rotatable bonds is 4. The molecule has 23 heavy (non-hydrogen) atoms. The van der Waals surface area contributed by atoms with E-state index in [0.29, 0.717) is 24.3 Å². The van der Waals surface area contributed by atoms with Crippen molar-refractivity contribution in [2.75, 3.05) is 0 Å². The average Bonchev–Trinajstić information content (AvgIpc) is 3.21. The Hall–Kier alpha value is -3.28. The predicted molar refractivity (Wildman–Crippen MR) is 84.0 cm³/mol. The summed E-state index contributed by atoms with van der Waals surface area (Å²) >= 11 is 0. The van der Waals surface area contributed by atoms with Crippen molar-refractivity contribution in [2.24, 2.45) is 0 Å². The van der Waals surface area contributed by atoms with Gasteiger partial charge < -0.3 is 4.42 Å². The van der Waals surface area contributed by atoms with Gasteiger partial charge in [-0.05, 0) is 17.7 Å². The van der Waals surface area contributed by atoms with Gasteiger partial charge in [-0.3, -0.25) is 4.79 Å². The molecule has 0 unspecified atom stereocenters. The molecule has 0 bridgehead atoms. The zero-order valence-electron chi connectivity index (χ0n) is 12.1. The lowest BCUT2D eigenvalue weighted by Gasteiger charge is -2.02. The van der Waals surface area contributed by atoms with E-state index in [1.54, 1.807) is 18.3 Å².